The Bertz CT molecular complexity index is 733. The Morgan fingerprint density at radius 2 is 1.93 bits per heavy atom. The number of nitrogens with one attached hydrogen (secondary N) is 1. The van der Waals surface area contributed by atoms with E-state index in [0.717, 1.165) is 12.8 Å². The van der Waals surface area contributed by atoms with E-state index in [1.165, 1.54) is 18.2 Å². The number of ether oxygens (including phenoxy) is 2. The number of carbonyl (C=O) groups is 2. The molecule has 1 fully saturated rings. The molecule has 0 aromatic heterocycles. The molecule has 0 saturated carbocycles. The standard InChI is InChI=1S/C18H23F2N3O4/c1-10(21)17(25)23-8-6-12(7-9-23)11(2)22-16(24)13-4-3-5-14-15(13)27-18(19,20)26-14/h3-5,10-12H,6-9,21H2,1-2H3,(H,22,24)/t10-,11?/m0/s1. The lowest BCUT2D eigenvalue weighted by molar-refractivity contribution is -0.286. The van der Waals surface area contributed by atoms with Crippen molar-refractivity contribution in [2.75, 3.05) is 13.1 Å². The molecule has 3 N–H and O–H groups in total. The van der Waals surface area contributed by atoms with E-state index in [0.29, 0.717) is 13.1 Å². The Morgan fingerprint density at radius 1 is 1.26 bits per heavy atom. The van der Waals surface area contributed by atoms with Crippen molar-refractivity contribution in [2.24, 2.45) is 11.7 Å². The summed E-state index contributed by atoms with van der Waals surface area (Å²) >= 11 is 0. The zero-order valence-electron chi connectivity index (χ0n) is 15.2. The summed E-state index contributed by atoms with van der Waals surface area (Å²) in [6, 6.07) is 3.47. The van der Waals surface area contributed by atoms with Crippen molar-refractivity contribution in [3.05, 3.63) is 23.8 Å². The molecule has 2 aliphatic rings. The van der Waals surface area contributed by atoms with E-state index in [-0.39, 0.29) is 34.9 Å². The van der Waals surface area contributed by atoms with Crippen molar-refractivity contribution < 1.29 is 27.8 Å². The third-order valence-electron chi connectivity index (χ3n) is 4.98. The first-order valence-corrected chi connectivity index (χ1v) is 8.92. The van der Waals surface area contributed by atoms with Crippen molar-refractivity contribution in [1.82, 2.24) is 10.2 Å². The molecule has 2 atom stereocenters. The lowest BCUT2D eigenvalue weighted by Gasteiger charge is -2.35. The lowest BCUT2D eigenvalue weighted by atomic mass is 9.90. The molecule has 2 heterocycles. The highest BCUT2D eigenvalue weighted by atomic mass is 19.3. The van der Waals surface area contributed by atoms with Gasteiger partial charge in [0.25, 0.3) is 5.91 Å². The number of hydrogen-bond acceptors (Lipinski definition) is 5. The van der Waals surface area contributed by atoms with Crippen LogP contribution in [0.4, 0.5) is 8.78 Å². The number of alkyl halides is 2. The minimum absolute atomic E-state index is 0.00101. The van der Waals surface area contributed by atoms with Gasteiger partial charge in [-0.3, -0.25) is 9.59 Å². The predicted molar refractivity (Wildman–Crippen MR) is 92.5 cm³/mol. The van der Waals surface area contributed by atoms with E-state index in [4.69, 9.17) is 5.73 Å². The van der Waals surface area contributed by atoms with Crippen LogP contribution in [0.25, 0.3) is 0 Å². The normalized spacial score (nSPS) is 20.9. The van der Waals surface area contributed by atoms with Crippen LogP contribution in [0, 0.1) is 5.92 Å². The second-order valence-corrected chi connectivity index (χ2v) is 7.01. The summed E-state index contributed by atoms with van der Waals surface area (Å²) in [6.45, 7) is 4.68. The van der Waals surface area contributed by atoms with E-state index in [9.17, 15) is 18.4 Å². The van der Waals surface area contributed by atoms with Crippen LogP contribution in [0.15, 0.2) is 18.2 Å². The second-order valence-electron chi connectivity index (χ2n) is 7.01. The first-order chi connectivity index (χ1) is 12.7. The van der Waals surface area contributed by atoms with Crippen LogP contribution in [0.3, 0.4) is 0 Å². The second kappa shape index (κ2) is 7.30. The molecule has 1 aromatic carbocycles. The van der Waals surface area contributed by atoms with Gasteiger partial charge in [-0.25, -0.2) is 0 Å². The summed E-state index contributed by atoms with van der Waals surface area (Å²) in [4.78, 5) is 26.2. The molecular weight excluding hydrogens is 360 g/mol. The van der Waals surface area contributed by atoms with Gasteiger partial charge in [0.05, 0.1) is 11.6 Å². The molecule has 7 nitrogen and oxygen atoms in total. The fourth-order valence-electron chi connectivity index (χ4n) is 3.46. The number of benzene rings is 1. The van der Waals surface area contributed by atoms with Crippen LogP contribution in [-0.4, -0.2) is 48.2 Å². The maximum absolute atomic E-state index is 13.3. The number of nitrogens with two attached hydrogens (primary N) is 1. The van der Waals surface area contributed by atoms with Crippen LogP contribution in [-0.2, 0) is 4.79 Å². The highest BCUT2D eigenvalue weighted by Gasteiger charge is 2.45. The summed E-state index contributed by atoms with van der Waals surface area (Å²) in [5, 5.41) is 2.84. The van der Waals surface area contributed by atoms with Gasteiger partial charge < -0.3 is 25.4 Å². The molecule has 1 unspecified atom stereocenters. The number of rotatable bonds is 4. The van der Waals surface area contributed by atoms with Gasteiger partial charge in [-0.05, 0) is 44.7 Å². The smallest absolute Gasteiger partial charge is 0.395 e. The number of fused-ring (bicyclic) bond motifs is 1. The molecule has 27 heavy (non-hydrogen) atoms. The molecule has 0 spiro atoms. The number of hydrogen-bond donors (Lipinski definition) is 2. The molecule has 0 radical (unpaired) electrons. The highest BCUT2D eigenvalue weighted by Crippen LogP contribution is 2.43. The van der Waals surface area contributed by atoms with Crippen molar-refractivity contribution in [3.8, 4) is 11.5 Å². The van der Waals surface area contributed by atoms with Crippen molar-refractivity contribution in [1.29, 1.82) is 0 Å². The number of piperidine rings is 1. The molecule has 1 aromatic rings. The van der Waals surface area contributed by atoms with Crippen LogP contribution in [0.2, 0.25) is 0 Å². The molecule has 2 aliphatic heterocycles. The third kappa shape index (κ3) is 4.13. The van der Waals surface area contributed by atoms with Crippen LogP contribution >= 0.6 is 0 Å². The number of halogens is 2. The monoisotopic (exact) mass is 383 g/mol. The summed E-state index contributed by atoms with van der Waals surface area (Å²) in [5.41, 5.74) is 5.63. The predicted octanol–water partition coefficient (Wildman–Crippen LogP) is 1.71. The van der Waals surface area contributed by atoms with E-state index >= 15 is 0 Å². The number of carbonyl (C=O) groups excluding carboxylic acids is 2. The lowest BCUT2D eigenvalue weighted by Crippen LogP contribution is -2.49. The number of amides is 2. The van der Waals surface area contributed by atoms with Gasteiger partial charge in [0.15, 0.2) is 11.5 Å². The summed E-state index contributed by atoms with van der Waals surface area (Å²) < 4.78 is 35.4. The van der Waals surface area contributed by atoms with Crippen LogP contribution in [0.5, 0.6) is 11.5 Å². The molecule has 2 amide bonds. The number of para-hydroxylation sites is 1. The van der Waals surface area contributed by atoms with Gasteiger partial charge in [-0.1, -0.05) is 6.07 Å². The topological polar surface area (TPSA) is 93.9 Å². The Kier molecular flexibility index (Phi) is 5.23. The molecule has 148 valence electrons. The minimum Gasteiger partial charge on any atom is -0.395 e. The summed E-state index contributed by atoms with van der Waals surface area (Å²) in [5.74, 6) is -0.841. The first-order valence-electron chi connectivity index (χ1n) is 8.92. The zero-order chi connectivity index (χ0) is 19.8. The van der Waals surface area contributed by atoms with E-state index in [1.807, 2.05) is 6.92 Å². The van der Waals surface area contributed by atoms with Crippen molar-refractivity contribution in [2.45, 2.75) is 45.1 Å². The summed E-state index contributed by atoms with van der Waals surface area (Å²) in [7, 11) is 0. The Hall–Kier alpha value is -2.42. The maximum atomic E-state index is 13.3. The Labute approximate surface area is 155 Å². The fraction of sp³-hybridized carbons (Fsp3) is 0.556. The number of nitrogens with zero attached hydrogens (tertiary/aromatic N) is 1. The first kappa shape index (κ1) is 19.3. The van der Waals surface area contributed by atoms with Crippen LogP contribution < -0.4 is 20.5 Å². The Balaban J connectivity index is 1.60. The van der Waals surface area contributed by atoms with Gasteiger partial charge in [0.1, 0.15) is 0 Å². The quantitative estimate of drug-likeness (QED) is 0.826. The van der Waals surface area contributed by atoms with E-state index < -0.39 is 18.2 Å². The zero-order valence-corrected chi connectivity index (χ0v) is 15.2. The molecule has 0 bridgehead atoms. The molecular formula is C18H23F2N3O4. The van der Waals surface area contributed by atoms with E-state index in [1.54, 1.807) is 11.8 Å². The van der Waals surface area contributed by atoms with Gasteiger partial charge >= 0.3 is 6.29 Å². The SMILES string of the molecule is CC(NC(=O)c1cccc2c1OC(F)(F)O2)C1CCN(C(=O)[C@H](C)N)CC1. The highest BCUT2D eigenvalue weighted by molar-refractivity contribution is 5.98. The largest absolute Gasteiger partial charge is 0.586 e. The molecule has 0 aliphatic carbocycles. The van der Waals surface area contributed by atoms with Gasteiger partial charge in [-0.2, -0.15) is 0 Å². The van der Waals surface area contributed by atoms with Gasteiger partial charge in [-0.15, -0.1) is 8.78 Å². The third-order valence-corrected chi connectivity index (χ3v) is 4.98. The molecule has 3 rings (SSSR count). The average Bonchev–Trinajstić information content (AvgIpc) is 2.94. The van der Waals surface area contributed by atoms with Crippen molar-refractivity contribution >= 4 is 11.8 Å². The molecule has 1 saturated heterocycles. The molecule has 9 heteroatoms. The van der Waals surface area contributed by atoms with E-state index in [2.05, 4.69) is 14.8 Å². The van der Waals surface area contributed by atoms with Crippen LogP contribution in [0.1, 0.15) is 37.0 Å². The van der Waals surface area contributed by atoms with Gasteiger partial charge in [0, 0.05) is 19.1 Å². The van der Waals surface area contributed by atoms with Crippen molar-refractivity contribution in [3.63, 3.8) is 0 Å². The van der Waals surface area contributed by atoms with Gasteiger partial charge in [0.2, 0.25) is 5.91 Å². The summed E-state index contributed by atoms with van der Waals surface area (Å²) in [6.07, 6.45) is -2.32. The maximum Gasteiger partial charge on any atom is 0.586 e. The number of likely N-dealkylation sites (tertiary alicyclic amines) is 1. The average molecular weight is 383 g/mol. The Morgan fingerprint density at radius 3 is 2.56 bits per heavy atom. The minimum atomic E-state index is -3.77. The fourth-order valence-corrected chi connectivity index (χ4v) is 3.46.